The van der Waals surface area contributed by atoms with Crippen LogP contribution in [-0.2, 0) is 14.3 Å². The number of carbonyl (C=O) groups is 1. The first-order valence-electron chi connectivity index (χ1n) is 3.12. The first kappa shape index (κ1) is 9.55. The third-order valence-corrected chi connectivity index (χ3v) is 0.795. The zero-order chi connectivity index (χ0) is 7.82. The fourth-order valence-corrected chi connectivity index (χ4v) is 0.417. The molecule has 60 valence electrons. The molecule has 0 aromatic carbocycles. The summed E-state index contributed by atoms with van der Waals surface area (Å²) in [5, 5.41) is 0. The Hall–Kier alpha value is -0.450. The second kappa shape index (κ2) is 6.67. The normalized spacial score (nSPS) is 9.80. The Bertz CT molecular complexity index is 95.0. The van der Waals surface area contributed by atoms with Crippen LogP contribution < -0.4 is 5.73 Å². The molecule has 0 rings (SSSR count). The van der Waals surface area contributed by atoms with E-state index in [4.69, 9.17) is 15.2 Å². The molecule has 2 N–H and O–H groups in total. The molecule has 0 aliphatic rings. The zero-order valence-electron chi connectivity index (χ0n) is 6.13. The minimum absolute atomic E-state index is 0.0211. The SMILES string of the molecule is CC(=O)COCCOCN. The quantitative estimate of drug-likeness (QED) is 0.407. The summed E-state index contributed by atoms with van der Waals surface area (Å²) in [4.78, 5) is 10.3. The average molecular weight is 147 g/mol. The highest BCUT2D eigenvalue weighted by molar-refractivity contribution is 5.76. The van der Waals surface area contributed by atoms with Gasteiger partial charge in [0.1, 0.15) is 6.61 Å². The Balaban J connectivity index is 2.84. The molecular weight excluding hydrogens is 134 g/mol. The van der Waals surface area contributed by atoms with Gasteiger partial charge in [-0.05, 0) is 6.92 Å². The van der Waals surface area contributed by atoms with Gasteiger partial charge in [-0.15, -0.1) is 0 Å². The van der Waals surface area contributed by atoms with Crippen molar-refractivity contribution in [3.8, 4) is 0 Å². The van der Waals surface area contributed by atoms with E-state index in [0.29, 0.717) is 13.2 Å². The Labute approximate surface area is 60.3 Å². The molecule has 0 aromatic heterocycles. The molecule has 0 heterocycles. The molecule has 0 atom stereocenters. The van der Waals surface area contributed by atoms with Crippen molar-refractivity contribution in [2.24, 2.45) is 5.73 Å². The molecule has 0 radical (unpaired) electrons. The van der Waals surface area contributed by atoms with Gasteiger partial charge in [-0.1, -0.05) is 0 Å². The minimum atomic E-state index is 0.0211. The van der Waals surface area contributed by atoms with Crippen LogP contribution in [0.15, 0.2) is 0 Å². The predicted octanol–water partition coefficient (Wildman–Crippen LogP) is -0.475. The molecular formula is C6H13NO3. The summed E-state index contributed by atoms with van der Waals surface area (Å²) >= 11 is 0. The third kappa shape index (κ3) is 7.55. The van der Waals surface area contributed by atoms with Crippen molar-refractivity contribution in [2.45, 2.75) is 6.92 Å². The largest absolute Gasteiger partial charge is 0.371 e. The van der Waals surface area contributed by atoms with Crippen molar-refractivity contribution >= 4 is 5.78 Å². The van der Waals surface area contributed by atoms with Gasteiger partial charge < -0.3 is 15.2 Å². The van der Waals surface area contributed by atoms with Gasteiger partial charge in [0.2, 0.25) is 0 Å². The standard InChI is InChI=1S/C6H13NO3/c1-6(8)4-9-2-3-10-5-7/h2-5,7H2,1H3. The predicted molar refractivity (Wildman–Crippen MR) is 36.5 cm³/mol. The molecule has 0 unspecified atom stereocenters. The lowest BCUT2D eigenvalue weighted by Crippen LogP contribution is -2.12. The summed E-state index contributed by atoms with van der Waals surface area (Å²) in [6, 6.07) is 0. The van der Waals surface area contributed by atoms with Crippen molar-refractivity contribution in [1.82, 2.24) is 0 Å². The van der Waals surface area contributed by atoms with Crippen LogP contribution in [-0.4, -0.2) is 32.3 Å². The topological polar surface area (TPSA) is 61.5 Å². The van der Waals surface area contributed by atoms with Gasteiger partial charge in [-0.2, -0.15) is 0 Å². The first-order chi connectivity index (χ1) is 4.77. The highest BCUT2D eigenvalue weighted by Gasteiger charge is 1.91. The number of ether oxygens (including phenoxy) is 2. The van der Waals surface area contributed by atoms with Crippen LogP contribution in [0.1, 0.15) is 6.92 Å². The number of rotatable bonds is 6. The molecule has 4 heteroatoms. The van der Waals surface area contributed by atoms with Gasteiger partial charge in [0, 0.05) is 0 Å². The number of ketones is 1. The summed E-state index contributed by atoms with van der Waals surface area (Å²) in [5.41, 5.74) is 5.03. The van der Waals surface area contributed by atoms with Crippen LogP contribution in [0.4, 0.5) is 0 Å². The highest BCUT2D eigenvalue weighted by Crippen LogP contribution is 1.77. The van der Waals surface area contributed by atoms with E-state index in [-0.39, 0.29) is 19.1 Å². The molecule has 0 aliphatic heterocycles. The number of Topliss-reactive ketones (excluding diaryl/α,β-unsaturated/α-hetero) is 1. The van der Waals surface area contributed by atoms with Crippen LogP contribution >= 0.6 is 0 Å². The molecule has 0 aliphatic carbocycles. The number of hydrogen-bond acceptors (Lipinski definition) is 4. The summed E-state index contributed by atoms with van der Waals surface area (Å²) in [7, 11) is 0. The van der Waals surface area contributed by atoms with E-state index in [1.54, 1.807) is 0 Å². The first-order valence-corrected chi connectivity index (χ1v) is 3.12. The van der Waals surface area contributed by atoms with Gasteiger partial charge in [-0.3, -0.25) is 4.79 Å². The molecule has 0 amide bonds. The summed E-state index contributed by atoms with van der Waals surface area (Å²) in [5.74, 6) is 0.0211. The van der Waals surface area contributed by atoms with Gasteiger partial charge in [0.25, 0.3) is 0 Å². The van der Waals surface area contributed by atoms with Crippen LogP contribution in [0.25, 0.3) is 0 Å². The van der Waals surface area contributed by atoms with Crippen LogP contribution in [0, 0.1) is 0 Å². The van der Waals surface area contributed by atoms with Gasteiger partial charge >= 0.3 is 0 Å². The summed E-state index contributed by atoms with van der Waals surface area (Å²) < 4.78 is 9.62. The van der Waals surface area contributed by atoms with E-state index < -0.39 is 0 Å². The minimum Gasteiger partial charge on any atom is -0.371 e. The summed E-state index contributed by atoms with van der Waals surface area (Å²) in [6.45, 7) is 2.71. The molecule has 0 saturated carbocycles. The van der Waals surface area contributed by atoms with Crippen molar-refractivity contribution in [3.05, 3.63) is 0 Å². The van der Waals surface area contributed by atoms with Crippen LogP contribution in [0.2, 0.25) is 0 Å². The maximum absolute atomic E-state index is 10.3. The molecule has 0 fully saturated rings. The Morgan fingerprint density at radius 3 is 2.50 bits per heavy atom. The second-order valence-corrected chi connectivity index (χ2v) is 1.83. The van der Waals surface area contributed by atoms with E-state index in [2.05, 4.69) is 0 Å². The van der Waals surface area contributed by atoms with Crippen LogP contribution in [0.5, 0.6) is 0 Å². The second-order valence-electron chi connectivity index (χ2n) is 1.83. The molecule has 0 bridgehead atoms. The zero-order valence-corrected chi connectivity index (χ0v) is 6.13. The van der Waals surface area contributed by atoms with Crippen molar-refractivity contribution in [2.75, 3.05) is 26.6 Å². The number of carbonyl (C=O) groups excluding carboxylic acids is 1. The lowest BCUT2D eigenvalue weighted by molar-refractivity contribution is -0.121. The highest BCUT2D eigenvalue weighted by atomic mass is 16.5. The van der Waals surface area contributed by atoms with Gasteiger partial charge in [0.15, 0.2) is 5.78 Å². The van der Waals surface area contributed by atoms with Crippen molar-refractivity contribution in [3.63, 3.8) is 0 Å². The lowest BCUT2D eigenvalue weighted by atomic mass is 10.5. The Morgan fingerprint density at radius 1 is 1.40 bits per heavy atom. The van der Waals surface area contributed by atoms with E-state index in [1.807, 2.05) is 0 Å². The smallest absolute Gasteiger partial charge is 0.155 e. The lowest BCUT2D eigenvalue weighted by Gasteiger charge is -2.00. The maximum atomic E-state index is 10.3. The third-order valence-electron chi connectivity index (χ3n) is 0.795. The molecule has 10 heavy (non-hydrogen) atoms. The van der Waals surface area contributed by atoms with Gasteiger partial charge in [0.05, 0.1) is 19.9 Å². The van der Waals surface area contributed by atoms with E-state index in [0.717, 1.165) is 0 Å². The fraction of sp³-hybridized carbons (Fsp3) is 0.833. The van der Waals surface area contributed by atoms with E-state index in [1.165, 1.54) is 6.92 Å². The van der Waals surface area contributed by atoms with E-state index >= 15 is 0 Å². The monoisotopic (exact) mass is 147 g/mol. The Morgan fingerprint density at radius 2 is 2.00 bits per heavy atom. The molecule has 0 aromatic rings. The van der Waals surface area contributed by atoms with Gasteiger partial charge in [-0.25, -0.2) is 0 Å². The average Bonchev–Trinajstić information content (AvgIpc) is 1.87. The number of nitrogens with two attached hydrogens (primary N) is 1. The summed E-state index contributed by atoms with van der Waals surface area (Å²) in [6.07, 6.45) is 0. The molecule has 4 nitrogen and oxygen atoms in total. The van der Waals surface area contributed by atoms with Crippen molar-refractivity contribution in [1.29, 1.82) is 0 Å². The number of hydrogen-bond donors (Lipinski definition) is 1. The molecule has 0 saturated heterocycles. The fourth-order valence-electron chi connectivity index (χ4n) is 0.417. The van der Waals surface area contributed by atoms with Crippen molar-refractivity contribution < 1.29 is 14.3 Å². The van der Waals surface area contributed by atoms with Crippen LogP contribution in [0.3, 0.4) is 0 Å². The Kier molecular flexibility index (Phi) is 6.37. The van der Waals surface area contributed by atoms with E-state index in [9.17, 15) is 4.79 Å². The maximum Gasteiger partial charge on any atom is 0.155 e. The molecule has 0 spiro atoms.